The molecule has 0 unspecified atom stereocenters. The van der Waals surface area contributed by atoms with Crippen molar-refractivity contribution in [2.45, 2.75) is 13.3 Å². The van der Waals surface area contributed by atoms with Crippen molar-refractivity contribution < 1.29 is 4.79 Å². The first-order chi connectivity index (χ1) is 2.27. The number of carbonyl (C=O) groups excluding carboxylic acids is 1. The Morgan fingerprint density at radius 1 is 2.00 bits per heavy atom. The summed E-state index contributed by atoms with van der Waals surface area (Å²) >= 11 is 0. The Kier molecular flexibility index (Phi) is 1.81. The van der Waals surface area contributed by atoms with Crippen molar-refractivity contribution >= 4 is 5.78 Å². The fraction of sp³-hybridized carbons (Fsp3) is 0.500. The minimum Gasteiger partial charge on any atom is -0.284 e. The van der Waals surface area contributed by atoms with E-state index < -0.39 is 0 Å². The summed E-state index contributed by atoms with van der Waals surface area (Å²) in [5.74, 6) is 0.394. The highest BCUT2D eigenvalue weighted by Gasteiger charge is 1.86. The molecule has 1 radical (unpaired) electrons. The van der Waals surface area contributed by atoms with E-state index in [0.29, 0.717) is 12.2 Å². The fourth-order valence-electron chi connectivity index (χ4n) is 0. The summed E-state index contributed by atoms with van der Waals surface area (Å²) in [5.41, 5.74) is 0. The molecule has 1 heteroatoms. The maximum atomic E-state index is 8.22. The molecule has 0 saturated heterocycles. The van der Waals surface area contributed by atoms with Gasteiger partial charge in [-0.3, -0.25) is 4.79 Å². The molecule has 0 aliphatic heterocycles. The van der Waals surface area contributed by atoms with Crippen LogP contribution in [-0.2, 0) is 0 Å². The minimum atomic E-state index is 0.394. The first-order valence-electron chi connectivity index (χ1n) is 1.58. The van der Waals surface area contributed by atoms with Crippen LogP contribution in [0.3, 0.4) is 0 Å². The van der Waals surface area contributed by atoms with Crippen LogP contribution in [0.4, 0.5) is 0 Å². The second-order valence-electron chi connectivity index (χ2n) is 0.985. The second-order valence-corrected chi connectivity index (χ2v) is 0.985. The highest BCUT2D eigenvalue weighted by molar-refractivity contribution is 5.76. The average Bonchev–Trinajstić information content (AvgIpc) is 1.38. The van der Waals surface area contributed by atoms with Crippen LogP contribution in [-0.4, -0.2) is 10.6 Å². The van der Waals surface area contributed by atoms with E-state index in [0.717, 1.165) is 0 Å². The Labute approximate surface area is 32.0 Å². The van der Waals surface area contributed by atoms with Crippen molar-refractivity contribution in [1.82, 2.24) is 0 Å². The van der Waals surface area contributed by atoms with E-state index in [1.165, 1.54) is 0 Å². The van der Waals surface area contributed by atoms with E-state index in [9.17, 15) is 0 Å². The molecule has 5 heavy (non-hydrogen) atoms. The highest BCUT2D eigenvalue weighted by Crippen LogP contribution is 1.70. The van der Waals surface area contributed by atoms with Crippen LogP contribution in [0, 0.1) is 6.92 Å². The van der Waals surface area contributed by atoms with Gasteiger partial charge in [-0.15, -0.1) is 0 Å². The topological polar surface area (TPSA) is 21.4 Å². The van der Waals surface area contributed by atoms with Crippen molar-refractivity contribution in [2.24, 2.45) is 0 Å². The Morgan fingerprint density at radius 2 is 2.20 bits per heavy atom. The quantitative estimate of drug-likeness (QED) is 0.408. The summed E-state index contributed by atoms with van der Waals surface area (Å²) < 4.78 is 0. The van der Waals surface area contributed by atoms with Gasteiger partial charge in [-0.25, -0.2) is 0 Å². The van der Waals surface area contributed by atoms with E-state index in [1.807, 2.05) is 0 Å². The van der Waals surface area contributed by atoms with Gasteiger partial charge in [0.2, 0.25) is 0 Å². The zero-order valence-corrected chi connectivity index (χ0v) is 3.36. The van der Waals surface area contributed by atoms with Gasteiger partial charge in [0, 0.05) is 6.92 Å². The summed E-state index contributed by atoms with van der Waals surface area (Å²) in [7, 11) is 0. The van der Waals surface area contributed by atoms with Crippen LogP contribution < -0.4 is 0 Å². The van der Waals surface area contributed by atoms with Crippen LogP contribution in [0.5, 0.6) is 0 Å². The molecule has 0 heterocycles. The van der Waals surface area contributed by atoms with E-state index in [2.05, 4.69) is 6.92 Å². The van der Waals surface area contributed by atoms with Gasteiger partial charge < -0.3 is 0 Å². The van der Waals surface area contributed by atoms with E-state index in [1.54, 1.807) is 6.92 Å². The first kappa shape index (κ1) is 4.67. The molecule has 1 nitrogen and oxygen atoms in total. The van der Waals surface area contributed by atoms with Gasteiger partial charge in [0.15, 0.2) is 0 Å². The van der Waals surface area contributed by atoms with Gasteiger partial charge in [-0.05, 0) is 6.92 Å². The Morgan fingerprint density at radius 3 is 2.20 bits per heavy atom. The number of hydrogen-bond donors (Lipinski definition) is 0. The van der Waals surface area contributed by atoms with Crippen LogP contribution in [0.1, 0.15) is 13.3 Å². The molecule has 0 rings (SSSR count). The van der Waals surface area contributed by atoms with Gasteiger partial charge in [0.25, 0.3) is 5.78 Å². The third-order valence-electron chi connectivity index (χ3n) is 0.362. The predicted octanol–water partition coefficient (Wildman–Crippen LogP) is 0.775. The summed E-state index contributed by atoms with van der Waals surface area (Å²) in [6, 6.07) is 0. The lowest BCUT2D eigenvalue weighted by Crippen LogP contribution is -1.81. The monoisotopic (exact) mass is 72.1 g/mol. The third kappa shape index (κ3) is 3.67. The molecule has 0 aromatic rings. The van der Waals surface area contributed by atoms with Crippen LogP contribution >= 0.6 is 0 Å². The summed E-state index contributed by atoms with van der Waals surface area (Å²) in [6.07, 6.45) is 0.528. The van der Waals surface area contributed by atoms with Crippen LogP contribution in [0.25, 0.3) is 0 Å². The Hall–Kier alpha value is -0.330. The van der Waals surface area contributed by atoms with Crippen LogP contribution in [0.2, 0.25) is 0 Å². The third-order valence-corrected chi connectivity index (χ3v) is 0.362. The second kappa shape index (κ2) is 1.94. The molecule has 0 fully saturated rings. The number of hydrogen-bond acceptors (Lipinski definition) is 0. The summed E-state index contributed by atoms with van der Waals surface area (Å²) in [5, 5.41) is 0. The van der Waals surface area contributed by atoms with E-state index >= 15 is 0 Å². The normalized spacial score (nSPS) is 7.60. The lowest BCUT2D eigenvalue weighted by atomic mass is 10.4. The Balaban J connectivity index is 2.85. The SMILES string of the molecule is [CH2]CC(C)=[OH+]. The van der Waals surface area contributed by atoms with E-state index in [4.69, 9.17) is 4.79 Å². The Bertz CT molecular complexity index is 38.9. The molecule has 0 aliphatic rings. The van der Waals surface area contributed by atoms with Crippen molar-refractivity contribution in [3.8, 4) is 0 Å². The van der Waals surface area contributed by atoms with Crippen molar-refractivity contribution in [3.05, 3.63) is 6.92 Å². The van der Waals surface area contributed by atoms with Crippen molar-refractivity contribution in [1.29, 1.82) is 0 Å². The molecule has 0 bridgehead atoms. The number of rotatable bonds is 1. The zero-order chi connectivity index (χ0) is 4.28. The van der Waals surface area contributed by atoms with Crippen molar-refractivity contribution in [3.63, 3.8) is 0 Å². The average molecular weight is 72.1 g/mol. The lowest BCUT2D eigenvalue weighted by Gasteiger charge is -1.63. The van der Waals surface area contributed by atoms with Gasteiger partial charge in [-0.1, -0.05) is 0 Å². The smallest absolute Gasteiger partial charge is 0.284 e. The molecule has 0 amide bonds. The molecule has 0 spiro atoms. The summed E-state index contributed by atoms with van der Waals surface area (Å²) in [6.45, 7) is 5.03. The minimum absolute atomic E-state index is 0.394. The first-order valence-corrected chi connectivity index (χ1v) is 1.58. The van der Waals surface area contributed by atoms with Crippen LogP contribution in [0.15, 0.2) is 0 Å². The molecular formula is C4H8O+. The maximum absolute atomic E-state index is 8.22. The zero-order valence-electron chi connectivity index (χ0n) is 3.36. The fourth-order valence-corrected chi connectivity index (χ4v) is 0. The van der Waals surface area contributed by atoms with Gasteiger partial charge in [-0.2, -0.15) is 0 Å². The lowest BCUT2D eigenvalue weighted by molar-refractivity contribution is 0.664. The molecule has 0 aromatic heterocycles. The standard InChI is InChI=1S/C4H7O/c1-3-4(2)5/h1,3H2,2H3/p+1. The molecule has 29 valence electrons. The molecule has 0 aromatic carbocycles. The van der Waals surface area contributed by atoms with Gasteiger partial charge in [0.05, 0.1) is 6.42 Å². The molecule has 0 saturated carbocycles. The molecule has 0 atom stereocenters. The summed E-state index contributed by atoms with van der Waals surface area (Å²) in [4.78, 5) is 8.22. The van der Waals surface area contributed by atoms with Crippen molar-refractivity contribution in [2.75, 3.05) is 0 Å². The van der Waals surface area contributed by atoms with E-state index in [-0.39, 0.29) is 0 Å². The maximum Gasteiger partial charge on any atom is 0.290 e. The molecular weight excluding hydrogens is 64.0 g/mol. The highest BCUT2D eigenvalue weighted by atomic mass is 16.1. The molecule has 0 aliphatic carbocycles. The predicted molar refractivity (Wildman–Crippen MR) is 22.6 cm³/mol. The molecule has 1 N–H and O–H groups in total. The largest absolute Gasteiger partial charge is 0.290 e. The van der Waals surface area contributed by atoms with Gasteiger partial charge >= 0.3 is 0 Å². The van der Waals surface area contributed by atoms with Gasteiger partial charge in [0.1, 0.15) is 0 Å². The number of ketones is 1.